The van der Waals surface area contributed by atoms with Gasteiger partial charge in [0.05, 0.1) is 4.92 Å². The number of nitro groups is 1. The molecule has 0 saturated carbocycles. The molecule has 0 heterocycles. The van der Waals surface area contributed by atoms with Gasteiger partial charge in [-0.25, -0.2) is 0 Å². The Labute approximate surface area is 109 Å². The van der Waals surface area contributed by atoms with Crippen LogP contribution >= 0.6 is 0 Å². The number of hydrogen-bond acceptors (Lipinski definition) is 3. The SMILES string of the molecule is CCCCCCNc1ccc(CC)c([N+](=O)[O-])c1. The van der Waals surface area contributed by atoms with Gasteiger partial charge in [-0.15, -0.1) is 0 Å². The molecule has 0 aliphatic carbocycles. The fraction of sp³-hybridized carbons (Fsp3) is 0.571. The Balaban J connectivity index is 2.56. The summed E-state index contributed by atoms with van der Waals surface area (Å²) >= 11 is 0. The first-order valence-electron chi connectivity index (χ1n) is 6.70. The molecule has 100 valence electrons. The van der Waals surface area contributed by atoms with Gasteiger partial charge in [-0.1, -0.05) is 39.2 Å². The Kier molecular flexibility index (Phi) is 6.19. The lowest BCUT2D eigenvalue weighted by Gasteiger charge is -2.07. The number of aryl methyl sites for hydroxylation is 1. The first kappa shape index (κ1) is 14.5. The van der Waals surface area contributed by atoms with Crippen molar-refractivity contribution in [1.29, 1.82) is 0 Å². The zero-order valence-electron chi connectivity index (χ0n) is 11.2. The molecule has 0 aromatic heterocycles. The minimum atomic E-state index is -0.304. The summed E-state index contributed by atoms with van der Waals surface area (Å²) in [6.07, 6.45) is 5.47. The third-order valence-electron chi connectivity index (χ3n) is 3.02. The van der Waals surface area contributed by atoms with Crippen molar-refractivity contribution in [3.63, 3.8) is 0 Å². The van der Waals surface area contributed by atoms with E-state index in [1.807, 2.05) is 19.1 Å². The predicted octanol–water partition coefficient (Wildman–Crippen LogP) is 4.15. The van der Waals surface area contributed by atoms with E-state index in [0.717, 1.165) is 24.2 Å². The van der Waals surface area contributed by atoms with Crippen molar-refractivity contribution in [2.24, 2.45) is 0 Å². The molecule has 1 aromatic rings. The lowest BCUT2D eigenvalue weighted by atomic mass is 10.1. The molecular formula is C14H22N2O2. The van der Waals surface area contributed by atoms with Crippen molar-refractivity contribution in [2.75, 3.05) is 11.9 Å². The molecule has 0 saturated heterocycles. The number of nitrogens with zero attached hydrogens (tertiary/aromatic N) is 1. The minimum absolute atomic E-state index is 0.219. The van der Waals surface area contributed by atoms with Crippen molar-refractivity contribution >= 4 is 11.4 Å². The summed E-state index contributed by atoms with van der Waals surface area (Å²) in [6.45, 7) is 4.99. The van der Waals surface area contributed by atoms with Crippen LogP contribution in [0.25, 0.3) is 0 Å². The molecular weight excluding hydrogens is 228 g/mol. The third kappa shape index (κ3) is 4.35. The van der Waals surface area contributed by atoms with Gasteiger partial charge in [-0.3, -0.25) is 10.1 Å². The molecule has 0 aliphatic rings. The summed E-state index contributed by atoms with van der Waals surface area (Å²) in [5, 5.41) is 14.2. The van der Waals surface area contributed by atoms with Gasteiger partial charge in [0.1, 0.15) is 0 Å². The maximum atomic E-state index is 10.9. The minimum Gasteiger partial charge on any atom is -0.385 e. The quantitative estimate of drug-likeness (QED) is 0.428. The standard InChI is InChI=1S/C14H22N2O2/c1-3-5-6-7-10-15-13-9-8-12(4-2)14(11-13)16(17)18/h8-9,11,15H,3-7,10H2,1-2H3. The Bertz CT molecular complexity index is 391. The topological polar surface area (TPSA) is 55.2 Å². The zero-order chi connectivity index (χ0) is 13.4. The molecule has 4 nitrogen and oxygen atoms in total. The van der Waals surface area contributed by atoms with Crippen LogP contribution in [0.5, 0.6) is 0 Å². The monoisotopic (exact) mass is 250 g/mol. The van der Waals surface area contributed by atoms with Crippen LogP contribution in [0, 0.1) is 10.1 Å². The molecule has 1 rings (SSSR count). The van der Waals surface area contributed by atoms with Crippen LogP contribution in [0.1, 0.15) is 45.1 Å². The smallest absolute Gasteiger partial charge is 0.274 e. The van der Waals surface area contributed by atoms with E-state index in [0.29, 0.717) is 6.42 Å². The maximum absolute atomic E-state index is 10.9. The molecule has 0 atom stereocenters. The Morgan fingerprint density at radius 1 is 1.22 bits per heavy atom. The average molecular weight is 250 g/mol. The van der Waals surface area contributed by atoms with E-state index in [9.17, 15) is 10.1 Å². The molecule has 0 radical (unpaired) electrons. The lowest BCUT2D eigenvalue weighted by molar-refractivity contribution is -0.385. The number of benzene rings is 1. The molecule has 0 aliphatic heterocycles. The highest BCUT2D eigenvalue weighted by Crippen LogP contribution is 2.23. The van der Waals surface area contributed by atoms with Crippen molar-refractivity contribution in [3.8, 4) is 0 Å². The number of unbranched alkanes of at least 4 members (excludes halogenated alkanes) is 3. The number of rotatable bonds is 8. The molecule has 0 bridgehead atoms. The zero-order valence-corrected chi connectivity index (χ0v) is 11.2. The van der Waals surface area contributed by atoms with Crippen LogP contribution < -0.4 is 5.32 Å². The molecule has 0 amide bonds. The van der Waals surface area contributed by atoms with E-state index in [1.54, 1.807) is 6.07 Å². The summed E-state index contributed by atoms with van der Waals surface area (Å²) in [4.78, 5) is 10.6. The van der Waals surface area contributed by atoms with Gasteiger partial charge in [-0.05, 0) is 18.9 Å². The molecule has 0 fully saturated rings. The number of nitrogens with one attached hydrogen (secondary N) is 1. The van der Waals surface area contributed by atoms with E-state index in [4.69, 9.17) is 0 Å². The highest BCUT2D eigenvalue weighted by atomic mass is 16.6. The van der Waals surface area contributed by atoms with Gasteiger partial charge < -0.3 is 5.32 Å². The van der Waals surface area contributed by atoms with E-state index in [1.165, 1.54) is 19.3 Å². The summed E-state index contributed by atoms with van der Waals surface area (Å²) in [5.74, 6) is 0. The van der Waals surface area contributed by atoms with Gasteiger partial charge in [-0.2, -0.15) is 0 Å². The number of anilines is 1. The second kappa shape index (κ2) is 7.69. The summed E-state index contributed by atoms with van der Waals surface area (Å²) in [5.41, 5.74) is 1.85. The normalized spacial score (nSPS) is 10.3. The van der Waals surface area contributed by atoms with Crippen LogP contribution in [0.3, 0.4) is 0 Å². The second-order valence-electron chi connectivity index (χ2n) is 4.44. The number of hydrogen-bond donors (Lipinski definition) is 1. The van der Waals surface area contributed by atoms with Crippen LogP contribution in [0.15, 0.2) is 18.2 Å². The fourth-order valence-electron chi connectivity index (χ4n) is 1.93. The van der Waals surface area contributed by atoms with Crippen molar-refractivity contribution in [2.45, 2.75) is 46.0 Å². The van der Waals surface area contributed by atoms with E-state index in [2.05, 4.69) is 12.2 Å². The molecule has 1 N–H and O–H groups in total. The van der Waals surface area contributed by atoms with Crippen LogP contribution in [0.2, 0.25) is 0 Å². The average Bonchev–Trinajstić information content (AvgIpc) is 2.38. The third-order valence-corrected chi connectivity index (χ3v) is 3.02. The van der Waals surface area contributed by atoms with E-state index >= 15 is 0 Å². The predicted molar refractivity (Wildman–Crippen MR) is 75.1 cm³/mol. The summed E-state index contributed by atoms with van der Waals surface area (Å²) in [6, 6.07) is 5.40. The van der Waals surface area contributed by atoms with Gasteiger partial charge in [0.15, 0.2) is 0 Å². The summed E-state index contributed by atoms with van der Waals surface area (Å²) < 4.78 is 0. The summed E-state index contributed by atoms with van der Waals surface area (Å²) in [7, 11) is 0. The Morgan fingerprint density at radius 2 is 2.00 bits per heavy atom. The molecule has 18 heavy (non-hydrogen) atoms. The highest BCUT2D eigenvalue weighted by molar-refractivity contribution is 5.55. The van der Waals surface area contributed by atoms with Crippen LogP contribution in [-0.4, -0.2) is 11.5 Å². The Morgan fingerprint density at radius 3 is 2.61 bits per heavy atom. The van der Waals surface area contributed by atoms with Crippen LogP contribution in [0.4, 0.5) is 11.4 Å². The van der Waals surface area contributed by atoms with Crippen molar-refractivity contribution in [3.05, 3.63) is 33.9 Å². The largest absolute Gasteiger partial charge is 0.385 e. The van der Waals surface area contributed by atoms with Gasteiger partial charge in [0, 0.05) is 23.9 Å². The first-order valence-corrected chi connectivity index (χ1v) is 6.70. The molecule has 0 spiro atoms. The second-order valence-corrected chi connectivity index (χ2v) is 4.44. The molecule has 4 heteroatoms. The van der Waals surface area contributed by atoms with Gasteiger partial charge in [0.2, 0.25) is 0 Å². The fourth-order valence-corrected chi connectivity index (χ4v) is 1.93. The first-order chi connectivity index (χ1) is 8.69. The Hall–Kier alpha value is -1.58. The van der Waals surface area contributed by atoms with Crippen LogP contribution in [-0.2, 0) is 6.42 Å². The molecule has 0 unspecified atom stereocenters. The highest BCUT2D eigenvalue weighted by Gasteiger charge is 2.12. The van der Waals surface area contributed by atoms with Gasteiger partial charge in [0.25, 0.3) is 5.69 Å². The van der Waals surface area contributed by atoms with Crippen molar-refractivity contribution in [1.82, 2.24) is 0 Å². The number of nitro benzene ring substituents is 1. The molecule has 1 aromatic carbocycles. The lowest BCUT2D eigenvalue weighted by Crippen LogP contribution is -2.03. The van der Waals surface area contributed by atoms with Gasteiger partial charge >= 0.3 is 0 Å². The maximum Gasteiger partial charge on any atom is 0.274 e. The van der Waals surface area contributed by atoms with Crippen molar-refractivity contribution < 1.29 is 4.92 Å². The van der Waals surface area contributed by atoms with E-state index in [-0.39, 0.29) is 10.6 Å². The van der Waals surface area contributed by atoms with E-state index < -0.39 is 0 Å².